The SMILES string of the molecule is c1ccc(N(c2ccccc2)c2cc(-n3c4ccccc4c4ccccc43)cc(-n3c4ccccc4c4c(N(c5ccccc5)c5ccccc5)cc(N(c5ccccc5)c5ccccc5)cc43)c2)cc1. The number of rotatable bonds is 11. The molecule has 13 rings (SSSR count). The highest BCUT2D eigenvalue weighted by atomic mass is 15.2. The summed E-state index contributed by atoms with van der Waals surface area (Å²) in [5.41, 5.74) is 16.1. The molecule has 0 aliphatic carbocycles. The monoisotopic (exact) mass is 909 g/mol. The van der Waals surface area contributed by atoms with Crippen molar-refractivity contribution in [3.05, 3.63) is 285 Å². The van der Waals surface area contributed by atoms with Crippen LogP contribution in [0.2, 0.25) is 0 Å². The Morgan fingerprint density at radius 3 is 0.901 bits per heavy atom. The van der Waals surface area contributed by atoms with Crippen molar-refractivity contribution in [2.75, 3.05) is 14.7 Å². The number of anilines is 9. The Balaban J connectivity index is 1.18. The molecule has 0 radical (unpaired) electrons. The summed E-state index contributed by atoms with van der Waals surface area (Å²) in [6, 6.07) is 103. The lowest BCUT2D eigenvalue weighted by Gasteiger charge is -2.30. The van der Waals surface area contributed by atoms with Crippen molar-refractivity contribution in [3.8, 4) is 11.4 Å². The minimum absolute atomic E-state index is 1.03. The second kappa shape index (κ2) is 17.8. The first-order chi connectivity index (χ1) is 35.3. The molecule has 71 heavy (non-hydrogen) atoms. The van der Waals surface area contributed by atoms with Crippen LogP contribution in [0, 0.1) is 0 Å². The minimum Gasteiger partial charge on any atom is -0.310 e. The Labute approximate surface area is 413 Å². The molecule has 0 unspecified atom stereocenters. The maximum atomic E-state index is 2.50. The van der Waals surface area contributed by atoms with Crippen LogP contribution in [0.15, 0.2) is 285 Å². The molecule has 0 amide bonds. The van der Waals surface area contributed by atoms with Crippen LogP contribution < -0.4 is 14.7 Å². The van der Waals surface area contributed by atoms with Crippen LogP contribution in [0.3, 0.4) is 0 Å². The molecule has 0 aliphatic heterocycles. The van der Waals surface area contributed by atoms with Gasteiger partial charge in [-0.1, -0.05) is 164 Å². The highest BCUT2D eigenvalue weighted by Gasteiger charge is 2.26. The van der Waals surface area contributed by atoms with Gasteiger partial charge in [0.25, 0.3) is 0 Å². The third-order valence-electron chi connectivity index (χ3n) is 13.6. The van der Waals surface area contributed by atoms with Gasteiger partial charge in [-0.15, -0.1) is 0 Å². The number of hydrogen-bond acceptors (Lipinski definition) is 3. The summed E-state index contributed by atoms with van der Waals surface area (Å²) >= 11 is 0. The summed E-state index contributed by atoms with van der Waals surface area (Å²) in [5.74, 6) is 0. The molecule has 13 aromatic rings. The molecule has 0 N–H and O–H groups in total. The first-order valence-corrected chi connectivity index (χ1v) is 24.2. The molecule has 11 aromatic carbocycles. The molecule has 0 fully saturated rings. The van der Waals surface area contributed by atoms with Gasteiger partial charge in [-0.2, -0.15) is 0 Å². The second-order valence-electron chi connectivity index (χ2n) is 17.8. The summed E-state index contributed by atoms with van der Waals surface area (Å²) in [4.78, 5) is 7.18. The van der Waals surface area contributed by atoms with Crippen molar-refractivity contribution >= 4 is 94.8 Å². The van der Waals surface area contributed by atoms with Crippen molar-refractivity contribution in [1.29, 1.82) is 0 Å². The summed E-state index contributed by atoms with van der Waals surface area (Å²) in [6.45, 7) is 0. The van der Waals surface area contributed by atoms with Gasteiger partial charge >= 0.3 is 0 Å². The van der Waals surface area contributed by atoms with E-state index in [1.54, 1.807) is 0 Å². The van der Waals surface area contributed by atoms with E-state index in [9.17, 15) is 0 Å². The molecule has 0 spiro atoms. The van der Waals surface area contributed by atoms with Gasteiger partial charge in [0.2, 0.25) is 0 Å². The van der Waals surface area contributed by atoms with Crippen LogP contribution in [0.1, 0.15) is 0 Å². The van der Waals surface area contributed by atoms with Crippen LogP contribution in [0.4, 0.5) is 51.2 Å². The number of para-hydroxylation sites is 9. The lowest BCUT2D eigenvalue weighted by atomic mass is 10.1. The van der Waals surface area contributed by atoms with E-state index in [2.05, 4.69) is 309 Å². The number of benzene rings is 11. The predicted octanol–water partition coefficient (Wildman–Crippen LogP) is 18.3. The van der Waals surface area contributed by atoms with E-state index in [0.29, 0.717) is 0 Å². The van der Waals surface area contributed by atoms with Gasteiger partial charge in [-0.05, 0) is 121 Å². The van der Waals surface area contributed by atoms with Crippen LogP contribution in [0.5, 0.6) is 0 Å². The largest absolute Gasteiger partial charge is 0.310 e. The third-order valence-corrected chi connectivity index (χ3v) is 13.6. The Kier molecular flexibility index (Phi) is 10.4. The predicted molar refractivity (Wildman–Crippen MR) is 299 cm³/mol. The van der Waals surface area contributed by atoms with Crippen molar-refractivity contribution in [2.45, 2.75) is 0 Å². The Morgan fingerprint density at radius 2 is 0.507 bits per heavy atom. The van der Waals surface area contributed by atoms with Gasteiger partial charge in [-0.3, -0.25) is 0 Å². The molecule has 0 atom stereocenters. The molecule has 2 heterocycles. The van der Waals surface area contributed by atoms with E-state index < -0.39 is 0 Å². The van der Waals surface area contributed by atoms with Crippen LogP contribution in [-0.2, 0) is 0 Å². The van der Waals surface area contributed by atoms with E-state index in [4.69, 9.17) is 0 Å². The molecule has 5 heteroatoms. The average Bonchev–Trinajstić information content (AvgIpc) is 3.96. The first-order valence-electron chi connectivity index (χ1n) is 24.2. The summed E-state index contributed by atoms with van der Waals surface area (Å²) in [6.07, 6.45) is 0. The standard InChI is InChI=1S/C66H47N5/c1-7-25-48(26-8-1)67(49-27-9-2-10-28-49)54-43-55(70-61-40-22-19-37-58(61)59-38-20-23-41-62(59)70)45-56(44-54)71-63-42-24-21-39-60(63)66-64(69(52-33-15-5-16-34-52)53-35-17-6-18-36-53)46-57(47-65(66)71)68(50-29-11-3-12-30-50)51-31-13-4-14-32-51/h1-47H. The van der Waals surface area contributed by atoms with Crippen molar-refractivity contribution < 1.29 is 0 Å². The minimum atomic E-state index is 1.03. The van der Waals surface area contributed by atoms with Gasteiger partial charge in [0.1, 0.15) is 0 Å². The van der Waals surface area contributed by atoms with Crippen molar-refractivity contribution in [2.24, 2.45) is 0 Å². The fourth-order valence-electron chi connectivity index (χ4n) is 10.6. The molecule has 5 nitrogen and oxygen atoms in total. The molecule has 0 bridgehead atoms. The van der Waals surface area contributed by atoms with Gasteiger partial charge in [0.15, 0.2) is 0 Å². The van der Waals surface area contributed by atoms with Gasteiger partial charge < -0.3 is 23.8 Å². The number of fused-ring (bicyclic) bond motifs is 6. The van der Waals surface area contributed by atoms with E-state index in [1.807, 2.05) is 0 Å². The average molecular weight is 910 g/mol. The summed E-state index contributed by atoms with van der Waals surface area (Å²) in [5, 5.41) is 4.73. The van der Waals surface area contributed by atoms with Crippen LogP contribution >= 0.6 is 0 Å². The Bertz CT molecular complexity index is 3810. The lowest BCUT2D eigenvalue weighted by Crippen LogP contribution is -2.14. The zero-order valence-corrected chi connectivity index (χ0v) is 38.9. The molecular weight excluding hydrogens is 863 g/mol. The first kappa shape index (κ1) is 41.6. The fourth-order valence-corrected chi connectivity index (χ4v) is 10.6. The van der Waals surface area contributed by atoms with Gasteiger partial charge in [-0.25, -0.2) is 0 Å². The lowest BCUT2D eigenvalue weighted by molar-refractivity contribution is 1.12. The molecule has 2 aromatic heterocycles. The maximum absolute atomic E-state index is 2.50. The third kappa shape index (κ3) is 7.36. The summed E-state index contributed by atoms with van der Waals surface area (Å²) < 4.78 is 4.94. The molecule has 0 aliphatic rings. The van der Waals surface area contributed by atoms with Crippen molar-refractivity contribution in [1.82, 2.24) is 9.13 Å². The van der Waals surface area contributed by atoms with Crippen LogP contribution in [0.25, 0.3) is 55.0 Å². The van der Waals surface area contributed by atoms with Crippen molar-refractivity contribution in [3.63, 3.8) is 0 Å². The maximum Gasteiger partial charge on any atom is 0.0583 e. The Morgan fingerprint density at radius 1 is 0.211 bits per heavy atom. The fraction of sp³-hybridized carbons (Fsp3) is 0. The smallest absolute Gasteiger partial charge is 0.0583 e. The molecular formula is C66H47N5. The number of aromatic nitrogens is 2. The van der Waals surface area contributed by atoms with E-state index in [1.165, 1.54) is 10.8 Å². The summed E-state index contributed by atoms with van der Waals surface area (Å²) in [7, 11) is 0. The zero-order chi connectivity index (χ0) is 47.1. The second-order valence-corrected chi connectivity index (χ2v) is 17.8. The number of hydrogen-bond donors (Lipinski definition) is 0. The van der Waals surface area contributed by atoms with Crippen LogP contribution in [-0.4, -0.2) is 9.13 Å². The van der Waals surface area contributed by atoms with Gasteiger partial charge in [0, 0.05) is 55.7 Å². The van der Waals surface area contributed by atoms with E-state index >= 15 is 0 Å². The molecule has 336 valence electrons. The Hall–Kier alpha value is -9.58. The highest BCUT2D eigenvalue weighted by molar-refractivity contribution is 6.18. The topological polar surface area (TPSA) is 19.6 Å². The quantitative estimate of drug-likeness (QED) is 0.129. The molecule has 0 saturated heterocycles. The van der Waals surface area contributed by atoms with E-state index in [0.717, 1.165) is 95.4 Å². The zero-order valence-electron chi connectivity index (χ0n) is 38.9. The molecule has 0 saturated carbocycles. The van der Waals surface area contributed by atoms with Gasteiger partial charge in [0.05, 0.1) is 50.5 Å². The highest BCUT2D eigenvalue weighted by Crippen LogP contribution is 2.49. The van der Waals surface area contributed by atoms with E-state index in [-0.39, 0.29) is 0 Å². The normalized spacial score (nSPS) is 11.4. The number of nitrogens with zero attached hydrogens (tertiary/aromatic N) is 5.